The Kier molecular flexibility index (Phi) is 5.22. The highest BCUT2D eigenvalue weighted by Crippen LogP contribution is 2.33. The van der Waals surface area contributed by atoms with Crippen LogP contribution in [-0.4, -0.2) is 38.3 Å². The lowest BCUT2D eigenvalue weighted by molar-refractivity contribution is -0.384. The second kappa shape index (κ2) is 6.92. The van der Waals surface area contributed by atoms with E-state index < -0.39 is 0 Å². The Bertz CT molecular complexity index is 476. The number of ether oxygens (including phenoxy) is 1. The second-order valence-electron chi connectivity index (χ2n) is 4.64. The van der Waals surface area contributed by atoms with Crippen LogP contribution in [0.1, 0.15) is 12.8 Å². The van der Waals surface area contributed by atoms with Gasteiger partial charge >= 0.3 is 0 Å². The van der Waals surface area contributed by atoms with Crippen LogP contribution in [0.25, 0.3) is 0 Å². The molecule has 1 saturated heterocycles. The zero-order valence-corrected chi connectivity index (χ0v) is 12.5. The van der Waals surface area contributed by atoms with Crippen molar-refractivity contribution in [3.05, 3.63) is 28.3 Å². The Morgan fingerprint density at radius 3 is 2.70 bits per heavy atom. The predicted molar refractivity (Wildman–Crippen MR) is 80.3 cm³/mol. The molecule has 2 rings (SSSR count). The third kappa shape index (κ3) is 3.41. The molecule has 110 valence electrons. The Hall–Kier alpha value is -1.31. The maximum absolute atomic E-state index is 11.3. The van der Waals surface area contributed by atoms with Crippen LogP contribution < -0.4 is 9.62 Å². The van der Waals surface area contributed by atoms with E-state index in [1.165, 1.54) is 11.9 Å². The highest BCUT2D eigenvalue weighted by atomic mass is 32.2. The van der Waals surface area contributed by atoms with Gasteiger partial charge in [0.25, 0.3) is 5.69 Å². The summed E-state index contributed by atoms with van der Waals surface area (Å²) in [6.45, 7) is 1.58. The third-order valence-electron chi connectivity index (χ3n) is 3.48. The van der Waals surface area contributed by atoms with E-state index in [-0.39, 0.29) is 16.7 Å². The summed E-state index contributed by atoms with van der Waals surface area (Å²) in [4.78, 5) is 13.9. The van der Waals surface area contributed by atoms with Crippen molar-refractivity contribution in [1.82, 2.24) is 4.72 Å². The van der Waals surface area contributed by atoms with E-state index >= 15 is 0 Å². The van der Waals surface area contributed by atoms with Crippen molar-refractivity contribution < 1.29 is 9.66 Å². The summed E-state index contributed by atoms with van der Waals surface area (Å²) in [5, 5.41) is 11.3. The van der Waals surface area contributed by atoms with Gasteiger partial charge < -0.3 is 9.64 Å². The lowest BCUT2D eigenvalue weighted by atomic mass is 10.1. The van der Waals surface area contributed by atoms with Gasteiger partial charge in [-0.2, -0.15) is 0 Å². The molecule has 0 aliphatic carbocycles. The van der Waals surface area contributed by atoms with Gasteiger partial charge in [-0.05, 0) is 44.0 Å². The number of piperidine rings is 1. The first-order valence-electron chi connectivity index (χ1n) is 6.55. The Balaban J connectivity index is 2.20. The van der Waals surface area contributed by atoms with Gasteiger partial charge in [-0.25, -0.2) is 0 Å². The summed E-state index contributed by atoms with van der Waals surface area (Å²) >= 11 is 1.37. The number of nitrogens with one attached hydrogen (secondary N) is 1. The van der Waals surface area contributed by atoms with E-state index in [9.17, 15) is 10.1 Å². The SMILES string of the molecule is CNSc1ccc(N2CCC(OC)CC2)c([N+](=O)[O-])c1. The topological polar surface area (TPSA) is 67.6 Å². The lowest BCUT2D eigenvalue weighted by Crippen LogP contribution is -2.36. The van der Waals surface area contributed by atoms with Crippen LogP contribution in [0.3, 0.4) is 0 Å². The number of methoxy groups -OCH3 is 1. The normalized spacial score (nSPS) is 16.4. The molecule has 7 heteroatoms. The van der Waals surface area contributed by atoms with E-state index in [0.29, 0.717) is 5.69 Å². The zero-order chi connectivity index (χ0) is 14.5. The van der Waals surface area contributed by atoms with Crippen molar-refractivity contribution in [2.75, 3.05) is 32.1 Å². The fourth-order valence-electron chi connectivity index (χ4n) is 2.43. The molecule has 20 heavy (non-hydrogen) atoms. The molecule has 1 fully saturated rings. The maximum Gasteiger partial charge on any atom is 0.293 e. The molecule has 0 radical (unpaired) electrons. The minimum absolute atomic E-state index is 0.168. The second-order valence-corrected chi connectivity index (χ2v) is 5.72. The van der Waals surface area contributed by atoms with Crippen LogP contribution in [0.15, 0.2) is 23.1 Å². The molecule has 1 aliphatic rings. The first-order valence-corrected chi connectivity index (χ1v) is 7.37. The van der Waals surface area contributed by atoms with Crippen molar-refractivity contribution in [1.29, 1.82) is 0 Å². The summed E-state index contributed by atoms with van der Waals surface area (Å²) in [5.41, 5.74) is 0.867. The van der Waals surface area contributed by atoms with Crippen LogP contribution >= 0.6 is 11.9 Å². The van der Waals surface area contributed by atoms with Gasteiger partial charge in [-0.15, -0.1) is 0 Å². The number of hydrogen-bond donors (Lipinski definition) is 1. The Morgan fingerprint density at radius 2 is 2.15 bits per heavy atom. The van der Waals surface area contributed by atoms with Gasteiger partial charge in [0.1, 0.15) is 5.69 Å². The quantitative estimate of drug-likeness (QED) is 0.511. The Labute approximate surface area is 122 Å². The number of nitro groups is 1. The molecule has 0 saturated carbocycles. The summed E-state index contributed by atoms with van der Waals surface area (Å²) in [7, 11) is 3.51. The van der Waals surface area contributed by atoms with Crippen LogP contribution in [0.5, 0.6) is 0 Å². The van der Waals surface area contributed by atoms with E-state index in [1.807, 2.05) is 12.1 Å². The van der Waals surface area contributed by atoms with E-state index in [0.717, 1.165) is 30.8 Å². The van der Waals surface area contributed by atoms with Crippen LogP contribution in [0.4, 0.5) is 11.4 Å². The molecule has 0 unspecified atom stereocenters. The molecule has 1 aromatic rings. The molecule has 0 amide bonds. The zero-order valence-electron chi connectivity index (χ0n) is 11.7. The van der Waals surface area contributed by atoms with Crippen molar-refractivity contribution >= 4 is 23.3 Å². The average Bonchev–Trinajstić information content (AvgIpc) is 2.47. The smallest absolute Gasteiger partial charge is 0.293 e. The third-order valence-corrected chi connectivity index (χ3v) is 4.17. The number of anilines is 1. The van der Waals surface area contributed by atoms with E-state index in [2.05, 4.69) is 9.62 Å². The van der Waals surface area contributed by atoms with Gasteiger partial charge in [-0.1, -0.05) is 0 Å². The van der Waals surface area contributed by atoms with Gasteiger partial charge in [-0.3, -0.25) is 14.8 Å². The monoisotopic (exact) mass is 297 g/mol. The average molecular weight is 297 g/mol. The maximum atomic E-state index is 11.3. The van der Waals surface area contributed by atoms with Gasteiger partial charge in [0, 0.05) is 31.2 Å². The predicted octanol–water partition coefficient (Wildman–Crippen LogP) is 2.44. The number of rotatable bonds is 5. The van der Waals surface area contributed by atoms with Gasteiger partial charge in [0.15, 0.2) is 0 Å². The van der Waals surface area contributed by atoms with E-state index in [4.69, 9.17) is 4.74 Å². The highest BCUT2D eigenvalue weighted by Gasteiger charge is 2.25. The molecule has 1 heterocycles. The molecular weight excluding hydrogens is 278 g/mol. The largest absolute Gasteiger partial charge is 0.381 e. The number of nitro benzene ring substituents is 1. The van der Waals surface area contributed by atoms with Crippen LogP contribution in [0, 0.1) is 10.1 Å². The Morgan fingerprint density at radius 1 is 1.45 bits per heavy atom. The van der Waals surface area contributed by atoms with Gasteiger partial charge in [0.05, 0.1) is 11.0 Å². The van der Waals surface area contributed by atoms with Gasteiger partial charge in [0.2, 0.25) is 0 Å². The minimum Gasteiger partial charge on any atom is -0.381 e. The fourth-order valence-corrected chi connectivity index (χ4v) is 2.97. The van der Waals surface area contributed by atoms with Crippen molar-refractivity contribution in [2.45, 2.75) is 23.8 Å². The molecule has 6 nitrogen and oxygen atoms in total. The summed E-state index contributed by atoms with van der Waals surface area (Å²) in [5.74, 6) is 0. The first-order chi connectivity index (χ1) is 9.65. The molecule has 0 spiro atoms. The molecule has 0 bridgehead atoms. The standard InChI is InChI=1S/C13H19N3O3S/c1-14-20-11-3-4-12(13(9-11)16(17)18)15-7-5-10(19-2)6-8-15/h3-4,9-10,14H,5-8H2,1-2H3. The molecule has 0 aromatic heterocycles. The minimum atomic E-state index is -0.308. The molecular formula is C13H19N3O3S. The van der Waals surface area contributed by atoms with Crippen LogP contribution in [-0.2, 0) is 4.74 Å². The number of benzene rings is 1. The lowest BCUT2D eigenvalue weighted by Gasteiger charge is -2.32. The van der Waals surface area contributed by atoms with Crippen molar-refractivity contribution in [3.8, 4) is 0 Å². The number of nitrogens with zero attached hydrogens (tertiary/aromatic N) is 2. The van der Waals surface area contributed by atoms with Crippen molar-refractivity contribution in [3.63, 3.8) is 0 Å². The first kappa shape index (κ1) is 15.1. The molecule has 1 N–H and O–H groups in total. The van der Waals surface area contributed by atoms with Crippen molar-refractivity contribution in [2.24, 2.45) is 0 Å². The summed E-state index contributed by atoms with van der Waals surface area (Å²) in [6.07, 6.45) is 2.07. The summed E-state index contributed by atoms with van der Waals surface area (Å²) in [6, 6.07) is 5.37. The fraction of sp³-hybridized carbons (Fsp3) is 0.538. The highest BCUT2D eigenvalue weighted by molar-refractivity contribution is 7.97. The van der Waals surface area contributed by atoms with E-state index in [1.54, 1.807) is 20.2 Å². The van der Waals surface area contributed by atoms with Crippen LogP contribution in [0.2, 0.25) is 0 Å². The molecule has 1 aromatic carbocycles. The molecule has 0 atom stereocenters. The molecule has 1 aliphatic heterocycles. The number of hydrogen-bond acceptors (Lipinski definition) is 6. The summed E-state index contributed by atoms with van der Waals surface area (Å²) < 4.78 is 8.26.